The Morgan fingerprint density at radius 1 is 1.54 bits per heavy atom. The molecule has 0 fully saturated rings. The van der Waals surface area contributed by atoms with E-state index < -0.39 is 5.91 Å². The lowest BCUT2D eigenvalue weighted by Gasteiger charge is -1.99. The number of hydrogen-bond acceptors (Lipinski definition) is 3. The van der Waals surface area contributed by atoms with Gasteiger partial charge in [-0.1, -0.05) is 0 Å². The van der Waals surface area contributed by atoms with Crippen molar-refractivity contribution in [3.63, 3.8) is 0 Å². The number of nitrogens with zero attached hydrogens (tertiary/aromatic N) is 2. The SMILES string of the molecule is Cc1c(C(N)=O)nnc2[nH]ccc12. The fraction of sp³-hybridized carbons (Fsp3) is 0.125. The van der Waals surface area contributed by atoms with E-state index in [1.54, 1.807) is 13.1 Å². The molecule has 0 radical (unpaired) electrons. The molecule has 0 aromatic carbocycles. The first-order chi connectivity index (χ1) is 6.20. The van der Waals surface area contributed by atoms with Gasteiger partial charge in [0, 0.05) is 11.6 Å². The summed E-state index contributed by atoms with van der Waals surface area (Å²) < 4.78 is 0. The summed E-state index contributed by atoms with van der Waals surface area (Å²) in [6, 6.07) is 1.84. The van der Waals surface area contributed by atoms with Crippen molar-refractivity contribution in [2.75, 3.05) is 0 Å². The highest BCUT2D eigenvalue weighted by atomic mass is 16.1. The Bertz CT molecular complexity index is 474. The number of carbonyl (C=O) groups excluding carboxylic acids is 1. The summed E-state index contributed by atoms with van der Waals surface area (Å²) >= 11 is 0. The molecule has 2 aromatic rings. The molecule has 1 amide bonds. The summed E-state index contributed by atoms with van der Waals surface area (Å²) in [6.07, 6.45) is 1.75. The zero-order valence-corrected chi connectivity index (χ0v) is 7.03. The molecule has 0 unspecified atom stereocenters. The van der Waals surface area contributed by atoms with Gasteiger partial charge < -0.3 is 10.7 Å². The third-order valence-electron chi connectivity index (χ3n) is 1.97. The van der Waals surface area contributed by atoms with E-state index in [-0.39, 0.29) is 5.69 Å². The van der Waals surface area contributed by atoms with Crippen LogP contribution >= 0.6 is 0 Å². The van der Waals surface area contributed by atoms with Crippen LogP contribution in [-0.2, 0) is 0 Å². The number of hydrogen-bond donors (Lipinski definition) is 2. The molecule has 0 aliphatic rings. The van der Waals surface area contributed by atoms with Gasteiger partial charge >= 0.3 is 0 Å². The minimum Gasteiger partial charge on any atom is -0.364 e. The molecule has 0 atom stereocenters. The smallest absolute Gasteiger partial charge is 0.269 e. The molecule has 2 rings (SSSR count). The van der Waals surface area contributed by atoms with Crippen LogP contribution in [0.15, 0.2) is 12.3 Å². The van der Waals surface area contributed by atoms with Gasteiger partial charge in [0.15, 0.2) is 11.3 Å². The molecule has 2 aromatic heterocycles. The van der Waals surface area contributed by atoms with Crippen molar-refractivity contribution in [3.05, 3.63) is 23.5 Å². The van der Waals surface area contributed by atoms with E-state index >= 15 is 0 Å². The summed E-state index contributed by atoms with van der Waals surface area (Å²) in [5.41, 5.74) is 6.78. The zero-order chi connectivity index (χ0) is 9.42. The number of nitrogens with one attached hydrogen (secondary N) is 1. The second-order valence-corrected chi connectivity index (χ2v) is 2.78. The average Bonchev–Trinajstić information content (AvgIpc) is 2.52. The van der Waals surface area contributed by atoms with E-state index in [0.717, 1.165) is 10.9 Å². The largest absolute Gasteiger partial charge is 0.364 e. The van der Waals surface area contributed by atoms with Crippen LogP contribution in [-0.4, -0.2) is 21.1 Å². The molecule has 0 saturated heterocycles. The lowest BCUT2D eigenvalue weighted by molar-refractivity contribution is 0.0994. The number of nitrogens with two attached hydrogens (primary N) is 1. The van der Waals surface area contributed by atoms with Gasteiger partial charge in [0.1, 0.15) is 0 Å². The number of fused-ring (bicyclic) bond motifs is 1. The quantitative estimate of drug-likeness (QED) is 0.658. The van der Waals surface area contributed by atoms with Crippen molar-refractivity contribution in [2.45, 2.75) is 6.92 Å². The average molecular weight is 176 g/mol. The Kier molecular flexibility index (Phi) is 1.51. The predicted octanol–water partition coefficient (Wildman–Crippen LogP) is 0.365. The molecular weight excluding hydrogens is 168 g/mol. The fourth-order valence-corrected chi connectivity index (χ4v) is 1.28. The van der Waals surface area contributed by atoms with Crippen LogP contribution in [0.4, 0.5) is 0 Å². The van der Waals surface area contributed by atoms with Gasteiger partial charge in [-0.05, 0) is 18.6 Å². The Balaban J connectivity index is 2.80. The lowest BCUT2D eigenvalue weighted by atomic mass is 10.1. The Labute approximate surface area is 74.0 Å². The maximum absolute atomic E-state index is 10.9. The van der Waals surface area contributed by atoms with Gasteiger partial charge in [0.2, 0.25) is 0 Å². The minimum atomic E-state index is -0.548. The van der Waals surface area contributed by atoms with E-state index in [2.05, 4.69) is 15.2 Å². The molecule has 0 saturated carbocycles. The van der Waals surface area contributed by atoms with Gasteiger partial charge in [0.05, 0.1) is 0 Å². The summed E-state index contributed by atoms with van der Waals surface area (Å²) in [6.45, 7) is 1.80. The second kappa shape index (κ2) is 2.55. The number of primary amides is 1. The van der Waals surface area contributed by atoms with Gasteiger partial charge in [-0.3, -0.25) is 4.79 Å². The van der Waals surface area contributed by atoms with E-state index in [1.165, 1.54) is 0 Å². The van der Waals surface area contributed by atoms with Gasteiger partial charge in [-0.25, -0.2) is 0 Å². The highest BCUT2D eigenvalue weighted by Gasteiger charge is 2.11. The molecule has 5 heteroatoms. The van der Waals surface area contributed by atoms with E-state index in [1.807, 2.05) is 6.07 Å². The van der Waals surface area contributed by atoms with E-state index in [0.29, 0.717) is 5.65 Å². The third kappa shape index (κ3) is 1.05. The maximum atomic E-state index is 10.9. The standard InChI is InChI=1S/C8H8N4O/c1-4-5-2-3-10-8(5)12-11-6(4)7(9)13/h2-3H,1H3,(H2,9,13)(H,10,12). The van der Waals surface area contributed by atoms with Gasteiger partial charge in [0.25, 0.3) is 5.91 Å². The normalized spacial score (nSPS) is 10.5. The first-order valence-electron chi connectivity index (χ1n) is 3.80. The summed E-state index contributed by atoms with van der Waals surface area (Å²) in [7, 11) is 0. The first kappa shape index (κ1) is 7.72. The summed E-state index contributed by atoms with van der Waals surface area (Å²) in [5.74, 6) is -0.548. The Hall–Kier alpha value is -1.91. The number of aromatic nitrogens is 3. The van der Waals surface area contributed by atoms with E-state index in [9.17, 15) is 4.79 Å². The molecule has 0 aliphatic carbocycles. The Morgan fingerprint density at radius 3 is 3.00 bits per heavy atom. The van der Waals surface area contributed by atoms with Crippen LogP contribution in [0.1, 0.15) is 16.1 Å². The molecule has 0 spiro atoms. The van der Waals surface area contributed by atoms with Crippen LogP contribution < -0.4 is 5.73 Å². The molecule has 5 nitrogen and oxygen atoms in total. The van der Waals surface area contributed by atoms with Crippen LogP contribution in [0.25, 0.3) is 11.0 Å². The number of aromatic amines is 1. The van der Waals surface area contributed by atoms with Crippen molar-refractivity contribution in [1.82, 2.24) is 15.2 Å². The first-order valence-corrected chi connectivity index (χ1v) is 3.80. The number of amides is 1. The van der Waals surface area contributed by atoms with Crippen LogP contribution in [0.5, 0.6) is 0 Å². The molecule has 0 bridgehead atoms. The maximum Gasteiger partial charge on any atom is 0.269 e. The molecule has 13 heavy (non-hydrogen) atoms. The topological polar surface area (TPSA) is 84.7 Å². The Morgan fingerprint density at radius 2 is 2.31 bits per heavy atom. The van der Waals surface area contributed by atoms with Crippen molar-refractivity contribution in [1.29, 1.82) is 0 Å². The third-order valence-corrected chi connectivity index (χ3v) is 1.97. The minimum absolute atomic E-state index is 0.229. The highest BCUT2D eigenvalue weighted by Crippen LogP contribution is 2.15. The monoisotopic (exact) mass is 176 g/mol. The lowest BCUT2D eigenvalue weighted by Crippen LogP contribution is -2.15. The number of carbonyl (C=O) groups is 1. The molecule has 66 valence electrons. The molecular formula is C8H8N4O. The predicted molar refractivity (Wildman–Crippen MR) is 47.1 cm³/mol. The molecule has 3 N–H and O–H groups in total. The van der Waals surface area contributed by atoms with Crippen molar-refractivity contribution >= 4 is 16.9 Å². The number of aryl methyl sites for hydroxylation is 1. The fourth-order valence-electron chi connectivity index (χ4n) is 1.28. The zero-order valence-electron chi connectivity index (χ0n) is 7.03. The van der Waals surface area contributed by atoms with Crippen molar-refractivity contribution < 1.29 is 4.79 Å². The molecule has 2 heterocycles. The number of rotatable bonds is 1. The second-order valence-electron chi connectivity index (χ2n) is 2.78. The van der Waals surface area contributed by atoms with Gasteiger partial charge in [-0.15, -0.1) is 10.2 Å². The van der Waals surface area contributed by atoms with Crippen LogP contribution in [0, 0.1) is 6.92 Å². The molecule has 0 aliphatic heterocycles. The van der Waals surface area contributed by atoms with E-state index in [4.69, 9.17) is 5.73 Å². The summed E-state index contributed by atoms with van der Waals surface area (Å²) in [4.78, 5) is 13.8. The van der Waals surface area contributed by atoms with Crippen molar-refractivity contribution in [3.8, 4) is 0 Å². The van der Waals surface area contributed by atoms with Crippen LogP contribution in [0.2, 0.25) is 0 Å². The summed E-state index contributed by atoms with van der Waals surface area (Å²) in [5, 5.41) is 8.42. The van der Waals surface area contributed by atoms with Crippen molar-refractivity contribution in [2.24, 2.45) is 5.73 Å². The van der Waals surface area contributed by atoms with Gasteiger partial charge in [-0.2, -0.15) is 0 Å². The number of H-pyrrole nitrogens is 1. The highest BCUT2D eigenvalue weighted by molar-refractivity contribution is 5.96. The van der Waals surface area contributed by atoms with Crippen LogP contribution in [0.3, 0.4) is 0 Å².